The van der Waals surface area contributed by atoms with Crippen LogP contribution >= 0.6 is 23.2 Å². The first-order valence-electron chi connectivity index (χ1n) is 12.7. The lowest BCUT2D eigenvalue weighted by Crippen LogP contribution is -2.49. The molecule has 206 valence electrons. The third-order valence-electron chi connectivity index (χ3n) is 7.56. The average molecular weight is 567 g/mol. The largest absolute Gasteiger partial charge is 0.396 e. The monoisotopic (exact) mass is 565 g/mol. The fourth-order valence-corrected chi connectivity index (χ4v) is 6.25. The fourth-order valence-electron chi connectivity index (χ4n) is 5.88. The Kier molecular flexibility index (Phi) is 8.40. The molecule has 38 heavy (non-hydrogen) atoms. The van der Waals surface area contributed by atoms with Crippen LogP contribution in [0.5, 0.6) is 0 Å². The van der Waals surface area contributed by atoms with Crippen molar-refractivity contribution in [3.63, 3.8) is 0 Å². The number of rotatable bonds is 8. The first-order valence-corrected chi connectivity index (χ1v) is 13.5. The molecule has 4 rings (SSSR count). The zero-order chi connectivity index (χ0) is 27.8. The molecular formula is C28H34Cl2FN3O4. The van der Waals surface area contributed by atoms with Gasteiger partial charge in [0, 0.05) is 48.3 Å². The minimum absolute atomic E-state index is 0.102. The summed E-state index contributed by atoms with van der Waals surface area (Å²) in [6.07, 6.45) is 0.902. The van der Waals surface area contributed by atoms with Gasteiger partial charge in [0.15, 0.2) is 0 Å². The molecule has 2 amide bonds. The number of carbonyl (C=O) groups excluding carboxylic acids is 2. The molecule has 2 aliphatic heterocycles. The summed E-state index contributed by atoms with van der Waals surface area (Å²) in [6, 6.07) is 8.39. The summed E-state index contributed by atoms with van der Waals surface area (Å²) >= 11 is 12.5. The van der Waals surface area contributed by atoms with Gasteiger partial charge < -0.3 is 26.2 Å². The summed E-state index contributed by atoms with van der Waals surface area (Å²) < 4.78 is 14.9. The lowest BCUT2D eigenvalue weighted by molar-refractivity contribution is -0.124. The summed E-state index contributed by atoms with van der Waals surface area (Å²) in [5.41, 5.74) is -0.0165. The maximum absolute atomic E-state index is 14.9. The Labute approximate surface area is 232 Å². The van der Waals surface area contributed by atoms with Crippen molar-refractivity contribution in [1.29, 1.82) is 0 Å². The van der Waals surface area contributed by atoms with Gasteiger partial charge in [0.05, 0.1) is 11.1 Å². The van der Waals surface area contributed by atoms with Gasteiger partial charge in [-0.3, -0.25) is 9.59 Å². The second-order valence-corrected chi connectivity index (χ2v) is 12.3. The van der Waals surface area contributed by atoms with Crippen molar-refractivity contribution in [3.8, 4) is 0 Å². The average Bonchev–Trinajstić information content (AvgIpc) is 3.31. The molecular weight excluding hydrogens is 532 g/mol. The molecule has 4 atom stereocenters. The Morgan fingerprint density at radius 3 is 2.53 bits per heavy atom. The van der Waals surface area contributed by atoms with Crippen LogP contribution in [0.1, 0.15) is 50.7 Å². The van der Waals surface area contributed by atoms with Crippen LogP contribution < -0.4 is 16.0 Å². The van der Waals surface area contributed by atoms with Gasteiger partial charge >= 0.3 is 0 Å². The molecule has 0 radical (unpaired) electrons. The zero-order valence-corrected chi connectivity index (χ0v) is 23.2. The van der Waals surface area contributed by atoms with Crippen molar-refractivity contribution in [2.75, 3.05) is 25.1 Å². The van der Waals surface area contributed by atoms with E-state index in [1.165, 1.54) is 12.1 Å². The topological polar surface area (TPSA) is 111 Å². The molecule has 2 heterocycles. The van der Waals surface area contributed by atoms with E-state index in [4.69, 9.17) is 23.2 Å². The SMILES string of the molecule is CC(C)(C)C[C@H]1NC(C(=O)NCCC(CO)CO)[C@H](c2cccc(Cl)c2)[C@@]12C(=O)Nc1cc(Cl)c(F)cc12. The Morgan fingerprint density at radius 1 is 1.18 bits per heavy atom. The second kappa shape index (κ2) is 11.1. The van der Waals surface area contributed by atoms with Crippen molar-refractivity contribution in [2.45, 2.75) is 57.0 Å². The molecule has 0 bridgehead atoms. The van der Waals surface area contributed by atoms with E-state index in [2.05, 4.69) is 16.0 Å². The van der Waals surface area contributed by atoms with Crippen molar-refractivity contribution in [1.82, 2.24) is 10.6 Å². The molecule has 10 heteroatoms. The fraction of sp³-hybridized carbons (Fsp3) is 0.500. The van der Waals surface area contributed by atoms with E-state index in [0.717, 1.165) is 0 Å². The first-order chi connectivity index (χ1) is 17.9. The minimum atomic E-state index is -1.32. The molecule has 1 unspecified atom stereocenters. The van der Waals surface area contributed by atoms with Crippen LogP contribution in [-0.2, 0) is 15.0 Å². The predicted octanol–water partition coefficient (Wildman–Crippen LogP) is 3.99. The van der Waals surface area contributed by atoms with Gasteiger partial charge in [-0.25, -0.2) is 4.39 Å². The van der Waals surface area contributed by atoms with Crippen LogP contribution in [0.25, 0.3) is 0 Å². The number of aliphatic hydroxyl groups is 2. The Balaban J connectivity index is 1.86. The van der Waals surface area contributed by atoms with E-state index in [-0.39, 0.29) is 47.9 Å². The van der Waals surface area contributed by atoms with Gasteiger partial charge in [-0.05, 0) is 53.6 Å². The highest BCUT2D eigenvalue weighted by atomic mass is 35.5. The molecule has 1 saturated heterocycles. The van der Waals surface area contributed by atoms with E-state index in [1.54, 1.807) is 18.2 Å². The Bertz CT molecular complexity index is 1220. The number of amides is 2. The van der Waals surface area contributed by atoms with Gasteiger partial charge in [-0.1, -0.05) is 56.1 Å². The van der Waals surface area contributed by atoms with Gasteiger partial charge in [-0.15, -0.1) is 0 Å². The van der Waals surface area contributed by atoms with Crippen LogP contribution in [0.15, 0.2) is 36.4 Å². The molecule has 0 saturated carbocycles. The maximum atomic E-state index is 14.9. The molecule has 0 aliphatic carbocycles. The van der Waals surface area contributed by atoms with E-state index in [1.807, 2.05) is 26.8 Å². The van der Waals surface area contributed by atoms with Crippen molar-refractivity contribution in [3.05, 3.63) is 63.4 Å². The molecule has 2 aromatic rings. The van der Waals surface area contributed by atoms with Crippen LogP contribution in [-0.4, -0.2) is 53.9 Å². The highest BCUT2D eigenvalue weighted by Crippen LogP contribution is 2.57. The predicted molar refractivity (Wildman–Crippen MR) is 146 cm³/mol. The zero-order valence-electron chi connectivity index (χ0n) is 21.7. The number of halogens is 3. The molecule has 1 fully saturated rings. The normalized spacial score (nSPS) is 24.7. The van der Waals surface area contributed by atoms with Gasteiger partial charge in [0.25, 0.3) is 0 Å². The quantitative estimate of drug-likeness (QED) is 0.332. The second-order valence-electron chi connectivity index (χ2n) is 11.4. The first kappa shape index (κ1) is 28.8. The number of benzene rings is 2. The van der Waals surface area contributed by atoms with Crippen molar-refractivity contribution < 1.29 is 24.2 Å². The number of anilines is 1. The third kappa shape index (κ3) is 5.29. The number of aliphatic hydroxyl groups excluding tert-OH is 2. The molecule has 0 aromatic heterocycles. The standard InChI is InChI=1S/C28H34Cl2FN3O4/c1-27(2,3)12-22-28(18-10-20(31)19(30)11-21(18)33-26(28)38)23(16-5-4-6-17(29)9-16)24(34-22)25(37)32-8-7-15(13-35)14-36/h4-6,9-11,15,22-24,34-36H,7-8,12-14H2,1-3H3,(H,32,37)(H,33,38)/t22-,23+,24?,28+/m1/s1. The number of carbonyl (C=O) groups is 2. The number of nitrogens with one attached hydrogen (secondary N) is 3. The maximum Gasteiger partial charge on any atom is 0.237 e. The Morgan fingerprint density at radius 2 is 1.89 bits per heavy atom. The lowest BCUT2D eigenvalue weighted by atomic mass is 9.62. The number of hydrogen-bond acceptors (Lipinski definition) is 5. The summed E-state index contributed by atoms with van der Waals surface area (Å²) in [5, 5.41) is 28.4. The van der Waals surface area contributed by atoms with Crippen LogP contribution in [0.2, 0.25) is 10.0 Å². The van der Waals surface area contributed by atoms with Crippen molar-refractivity contribution >= 4 is 40.7 Å². The van der Waals surface area contributed by atoms with Crippen LogP contribution in [0.3, 0.4) is 0 Å². The van der Waals surface area contributed by atoms with E-state index in [0.29, 0.717) is 34.7 Å². The van der Waals surface area contributed by atoms with E-state index in [9.17, 15) is 24.2 Å². The van der Waals surface area contributed by atoms with Gasteiger partial charge in [0.2, 0.25) is 11.8 Å². The summed E-state index contributed by atoms with van der Waals surface area (Å²) in [6.45, 7) is 5.98. The highest BCUT2D eigenvalue weighted by molar-refractivity contribution is 6.31. The molecule has 2 aromatic carbocycles. The van der Waals surface area contributed by atoms with Crippen molar-refractivity contribution in [2.24, 2.45) is 11.3 Å². The van der Waals surface area contributed by atoms with Crippen LogP contribution in [0, 0.1) is 17.2 Å². The molecule has 2 aliphatic rings. The Hall–Kier alpha value is -2.23. The summed E-state index contributed by atoms with van der Waals surface area (Å²) in [5.74, 6) is -2.39. The van der Waals surface area contributed by atoms with Gasteiger partial charge in [0.1, 0.15) is 11.2 Å². The number of hydrogen-bond donors (Lipinski definition) is 5. The molecule has 7 nitrogen and oxygen atoms in total. The third-order valence-corrected chi connectivity index (χ3v) is 8.08. The summed E-state index contributed by atoms with van der Waals surface area (Å²) in [4.78, 5) is 27.8. The van der Waals surface area contributed by atoms with E-state index < -0.39 is 29.2 Å². The van der Waals surface area contributed by atoms with E-state index >= 15 is 0 Å². The van der Waals surface area contributed by atoms with Crippen LogP contribution in [0.4, 0.5) is 10.1 Å². The number of fused-ring (bicyclic) bond motifs is 2. The minimum Gasteiger partial charge on any atom is -0.396 e. The van der Waals surface area contributed by atoms with Gasteiger partial charge in [-0.2, -0.15) is 0 Å². The molecule has 1 spiro atoms. The lowest BCUT2D eigenvalue weighted by Gasteiger charge is -2.37. The highest BCUT2D eigenvalue weighted by Gasteiger charge is 2.65. The smallest absolute Gasteiger partial charge is 0.237 e. The summed E-state index contributed by atoms with van der Waals surface area (Å²) in [7, 11) is 0. The molecule has 5 N–H and O–H groups in total.